The third kappa shape index (κ3) is 3.39. The fourth-order valence-electron chi connectivity index (χ4n) is 2.97. The second-order valence-corrected chi connectivity index (χ2v) is 5.62. The van der Waals surface area contributed by atoms with Gasteiger partial charge in [0.25, 0.3) is 0 Å². The van der Waals surface area contributed by atoms with Crippen LogP contribution in [0.1, 0.15) is 39.5 Å². The first kappa shape index (κ1) is 14.1. The van der Waals surface area contributed by atoms with Crippen LogP contribution in [-0.4, -0.2) is 23.3 Å². The van der Waals surface area contributed by atoms with Gasteiger partial charge in [0.05, 0.1) is 12.5 Å². The van der Waals surface area contributed by atoms with E-state index in [9.17, 15) is 9.90 Å². The Morgan fingerprint density at radius 3 is 3.05 bits per heavy atom. The molecule has 0 aromatic heterocycles. The quantitative estimate of drug-likeness (QED) is 0.480. The van der Waals surface area contributed by atoms with Gasteiger partial charge in [-0.1, -0.05) is 19.1 Å². The van der Waals surface area contributed by atoms with Crippen molar-refractivity contribution in [2.75, 3.05) is 0 Å². The first-order valence-electron chi connectivity index (χ1n) is 7.07. The number of ether oxygens (including phenoxy) is 1. The minimum Gasteiger partial charge on any atom is -0.462 e. The van der Waals surface area contributed by atoms with E-state index in [2.05, 4.69) is 17.9 Å². The van der Waals surface area contributed by atoms with Gasteiger partial charge in [0, 0.05) is 12.3 Å². The number of carbonyl (C=O) groups excluding carboxylic acids is 1. The van der Waals surface area contributed by atoms with Crippen molar-refractivity contribution in [1.29, 1.82) is 0 Å². The summed E-state index contributed by atoms with van der Waals surface area (Å²) in [5.41, 5.74) is 0. The van der Waals surface area contributed by atoms with Crippen molar-refractivity contribution in [3.8, 4) is 11.8 Å². The molecule has 19 heavy (non-hydrogen) atoms. The Balaban J connectivity index is 1.87. The van der Waals surface area contributed by atoms with Gasteiger partial charge in [0.1, 0.15) is 6.10 Å². The summed E-state index contributed by atoms with van der Waals surface area (Å²) in [4.78, 5) is 11.3. The van der Waals surface area contributed by atoms with Crippen LogP contribution in [0.3, 0.4) is 0 Å². The lowest BCUT2D eigenvalue weighted by Gasteiger charge is -2.15. The van der Waals surface area contributed by atoms with E-state index in [0.717, 1.165) is 12.8 Å². The molecule has 0 aromatic rings. The van der Waals surface area contributed by atoms with Crippen LogP contribution in [-0.2, 0) is 9.53 Å². The smallest absolute Gasteiger partial charge is 0.306 e. The van der Waals surface area contributed by atoms with E-state index in [-0.39, 0.29) is 18.0 Å². The van der Waals surface area contributed by atoms with Gasteiger partial charge in [0.2, 0.25) is 0 Å². The highest BCUT2D eigenvalue weighted by molar-refractivity contribution is 5.72. The summed E-state index contributed by atoms with van der Waals surface area (Å²) < 4.78 is 5.27. The Bertz CT molecular complexity index is 415. The van der Waals surface area contributed by atoms with Crippen LogP contribution in [0.25, 0.3) is 0 Å². The Kier molecular flexibility index (Phi) is 4.66. The third-order valence-corrected chi connectivity index (χ3v) is 4.24. The van der Waals surface area contributed by atoms with Crippen LogP contribution in [0.5, 0.6) is 0 Å². The van der Waals surface area contributed by atoms with Crippen LogP contribution < -0.4 is 0 Å². The maximum absolute atomic E-state index is 11.3. The molecule has 0 spiro atoms. The third-order valence-electron chi connectivity index (χ3n) is 4.24. The average molecular weight is 262 g/mol. The number of aliphatic hydroxyl groups excluding tert-OH is 1. The summed E-state index contributed by atoms with van der Waals surface area (Å²) in [6.07, 6.45) is 6.85. The standard InChI is InChI=1S/C16H22O3/c1-3-4-5-11(2)14(17)8-6-12-7-9-15-13(12)10-16(18)19-15/h6,8,11-15,17H,5,7,9-10H2,1-2H3/t11?,12-,13+,14-,15-/m0/s1. The molecule has 1 aliphatic heterocycles. The lowest BCUT2D eigenvalue weighted by atomic mass is 9.91. The predicted octanol–water partition coefficient (Wildman–Crippen LogP) is 2.29. The van der Waals surface area contributed by atoms with Crippen molar-refractivity contribution >= 4 is 5.97 Å². The summed E-state index contributed by atoms with van der Waals surface area (Å²) in [6, 6.07) is 0. The number of rotatable bonds is 4. The topological polar surface area (TPSA) is 46.5 Å². The van der Waals surface area contributed by atoms with E-state index in [1.165, 1.54) is 0 Å². The first-order chi connectivity index (χ1) is 9.11. The van der Waals surface area contributed by atoms with E-state index < -0.39 is 6.10 Å². The van der Waals surface area contributed by atoms with Crippen LogP contribution in [0.15, 0.2) is 12.2 Å². The summed E-state index contributed by atoms with van der Waals surface area (Å²) in [6.45, 7) is 3.81. The molecule has 2 aliphatic rings. The van der Waals surface area contributed by atoms with E-state index in [1.54, 1.807) is 0 Å². The molecule has 2 rings (SSSR count). The van der Waals surface area contributed by atoms with Crippen molar-refractivity contribution in [2.45, 2.75) is 51.7 Å². The van der Waals surface area contributed by atoms with Crippen molar-refractivity contribution < 1.29 is 14.6 Å². The highest BCUT2D eigenvalue weighted by Crippen LogP contribution is 2.41. The van der Waals surface area contributed by atoms with Gasteiger partial charge in [-0.3, -0.25) is 4.79 Å². The zero-order valence-electron chi connectivity index (χ0n) is 11.6. The minimum absolute atomic E-state index is 0.0692. The molecule has 1 aliphatic carbocycles. The number of allylic oxidation sites excluding steroid dienone is 1. The number of hydrogen-bond acceptors (Lipinski definition) is 3. The highest BCUT2D eigenvalue weighted by Gasteiger charge is 2.43. The molecule has 1 N–H and O–H groups in total. The van der Waals surface area contributed by atoms with Crippen molar-refractivity contribution in [1.82, 2.24) is 0 Å². The summed E-state index contributed by atoms with van der Waals surface area (Å²) in [5, 5.41) is 10.0. The van der Waals surface area contributed by atoms with Crippen molar-refractivity contribution in [3.05, 3.63) is 12.2 Å². The first-order valence-corrected chi connectivity index (χ1v) is 7.07. The molecule has 1 heterocycles. The molecule has 2 fully saturated rings. The number of fused-ring (bicyclic) bond motifs is 1. The maximum atomic E-state index is 11.3. The van der Waals surface area contributed by atoms with Crippen molar-refractivity contribution in [2.24, 2.45) is 17.8 Å². The van der Waals surface area contributed by atoms with Crippen LogP contribution in [0.2, 0.25) is 0 Å². The minimum atomic E-state index is -0.460. The molecular weight excluding hydrogens is 240 g/mol. The lowest BCUT2D eigenvalue weighted by molar-refractivity contribution is -0.141. The molecular formula is C16H22O3. The van der Waals surface area contributed by atoms with Gasteiger partial charge in [-0.25, -0.2) is 0 Å². The number of aliphatic hydroxyl groups is 1. The molecule has 5 atom stereocenters. The Labute approximate surface area is 115 Å². The van der Waals surface area contributed by atoms with E-state index in [4.69, 9.17) is 4.74 Å². The van der Waals surface area contributed by atoms with Gasteiger partial charge < -0.3 is 9.84 Å². The SMILES string of the molecule is CC#CCC(C)[C@@H](O)C=C[C@H]1CC[C@@H]2OC(=O)C[C@@H]21. The summed E-state index contributed by atoms with van der Waals surface area (Å²) in [7, 11) is 0. The van der Waals surface area contributed by atoms with Crippen LogP contribution in [0.4, 0.5) is 0 Å². The zero-order chi connectivity index (χ0) is 13.8. The second kappa shape index (κ2) is 6.25. The summed E-state index contributed by atoms with van der Waals surface area (Å²) >= 11 is 0. The Morgan fingerprint density at radius 1 is 1.53 bits per heavy atom. The van der Waals surface area contributed by atoms with E-state index >= 15 is 0 Å². The molecule has 3 nitrogen and oxygen atoms in total. The van der Waals surface area contributed by atoms with Crippen LogP contribution >= 0.6 is 0 Å². The molecule has 104 valence electrons. The average Bonchev–Trinajstić information content (AvgIpc) is 2.92. The largest absolute Gasteiger partial charge is 0.462 e. The second-order valence-electron chi connectivity index (χ2n) is 5.62. The highest BCUT2D eigenvalue weighted by atomic mass is 16.5. The Hall–Kier alpha value is -1.27. The van der Waals surface area contributed by atoms with Gasteiger partial charge in [-0.15, -0.1) is 11.8 Å². The number of carbonyl (C=O) groups is 1. The summed E-state index contributed by atoms with van der Waals surface area (Å²) in [5.74, 6) is 6.60. The molecule has 1 saturated heterocycles. The fraction of sp³-hybridized carbons (Fsp3) is 0.688. The predicted molar refractivity (Wildman–Crippen MR) is 73.1 cm³/mol. The maximum Gasteiger partial charge on any atom is 0.306 e. The van der Waals surface area contributed by atoms with Gasteiger partial charge in [0.15, 0.2) is 0 Å². The fourth-order valence-corrected chi connectivity index (χ4v) is 2.97. The van der Waals surface area contributed by atoms with Gasteiger partial charge in [-0.05, 0) is 31.6 Å². The molecule has 0 bridgehead atoms. The Morgan fingerprint density at radius 2 is 2.32 bits per heavy atom. The molecule has 1 saturated carbocycles. The molecule has 3 heteroatoms. The molecule has 1 unspecified atom stereocenters. The number of esters is 1. The van der Waals surface area contributed by atoms with Crippen molar-refractivity contribution in [3.63, 3.8) is 0 Å². The molecule has 0 amide bonds. The molecule has 0 aromatic carbocycles. The lowest BCUT2D eigenvalue weighted by Crippen LogP contribution is -2.16. The number of hydrogen-bond donors (Lipinski definition) is 1. The van der Waals surface area contributed by atoms with Crippen LogP contribution in [0, 0.1) is 29.6 Å². The van der Waals surface area contributed by atoms with E-state index in [0.29, 0.717) is 24.7 Å². The van der Waals surface area contributed by atoms with E-state index in [1.807, 2.05) is 19.9 Å². The monoisotopic (exact) mass is 262 g/mol. The van der Waals surface area contributed by atoms with Gasteiger partial charge in [-0.2, -0.15) is 0 Å². The molecule has 0 radical (unpaired) electrons. The zero-order valence-corrected chi connectivity index (χ0v) is 11.6. The normalized spacial score (nSPS) is 32.6. The van der Waals surface area contributed by atoms with Gasteiger partial charge >= 0.3 is 5.97 Å².